The maximum atomic E-state index is 12.6. The molecule has 1 aliphatic heterocycles. The summed E-state index contributed by atoms with van der Waals surface area (Å²) < 4.78 is 5.15. The Balaban J connectivity index is 1.67. The Morgan fingerprint density at radius 3 is 2.58 bits per heavy atom. The standard InChI is InChI=1S/C18H23N3O3/c1-12(22)13-7-9-21(10-8-13)18(23)17-11-16(19-20-17)14-3-5-15(24-2)6-4-14/h3-6,11-13,22H,7-10H2,1-2H3,(H,19,20). The number of benzene rings is 1. The summed E-state index contributed by atoms with van der Waals surface area (Å²) in [6.45, 7) is 3.16. The van der Waals surface area contributed by atoms with E-state index in [1.807, 2.05) is 36.1 Å². The maximum Gasteiger partial charge on any atom is 0.271 e. The van der Waals surface area contributed by atoms with Gasteiger partial charge in [0.25, 0.3) is 5.91 Å². The molecule has 6 heteroatoms. The van der Waals surface area contributed by atoms with Crippen LogP contribution in [0.25, 0.3) is 11.3 Å². The monoisotopic (exact) mass is 329 g/mol. The van der Waals surface area contributed by atoms with E-state index in [4.69, 9.17) is 4.74 Å². The van der Waals surface area contributed by atoms with E-state index in [1.165, 1.54) is 0 Å². The Morgan fingerprint density at radius 1 is 1.33 bits per heavy atom. The number of rotatable bonds is 4. The molecule has 1 aromatic heterocycles. The molecule has 2 N–H and O–H groups in total. The van der Waals surface area contributed by atoms with Gasteiger partial charge < -0.3 is 14.7 Å². The van der Waals surface area contributed by atoms with Crippen molar-refractivity contribution in [2.75, 3.05) is 20.2 Å². The topological polar surface area (TPSA) is 78.5 Å². The van der Waals surface area contributed by atoms with Crippen LogP contribution in [0, 0.1) is 5.92 Å². The van der Waals surface area contributed by atoms with Crippen molar-refractivity contribution in [2.24, 2.45) is 5.92 Å². The van der Waals surface area contributed by atoms with E-state index in [2.05, 4.69) is 10.2 Å². The Morgan fingerprint density at radius 2 is 2.00 bits per heavy atom. The predicted octanol–water partition coefficient (Wildman–Crippen LogP) is 2.32. The summed E-state index contributed by atoms with van der Waals surface area (Å²) in [4.78, 5) is 14.4. The molecule has 2 heterocycles. The zero-order valence-electron chi connectivity index (χ0n) is 14.0. The van der Waals surface area contributed by atoms with Gasteiger partial charge in [0.2, 0.25) is 0 Å². The number of aliphatic hydroxyl groups excluding tert-OH is 1. The molecule has 6 nitrogen and oxygen atoms in total. The Kier molecular flexibility index (Phi) is 4.85. The number of likely N-dealkylation sites (tertiary alicyclic amines) is 1. The number of carbonyl (C=O) groups excluding carboxylic acids is 1. The lowest BCUT2D eigenvalue weighted by atomic mass is 9.92. The number of amides is 1. The molecular formula is C18H23N3O3. The number of methoxy groups -OCH3 is 1. The van der Waals surface area contributed by atoms with Crippen LogP contribution < -0.4 is 4.74 Å². The molecule has 1 amide bonds. The third kappa shape index (κ3) is 3.43. The third-order valence-electron chi connectivity index (χ3n) is 4.70. The van der Waals surface area contributed by atoms with Crippen LogP contribution >= 0.6 is 0 Å². The van der Waals surface area contributed by atoms with Crippen LogP contribution in [0.1, 0.15) is 30.3 Å². The van der Waals surface area contributed by atoms with Gasteiger partial charge in [0.1, 0.15) is 11.4 Å². The van der Waals surface area contributed by atoms with Crippen LogP contribution in [0.5, 0.6) is 5.75 Å². The van der Waals surface area contributed by atoms with Crippen LogP contribution in [0.15, 0.2) is 30.3 Å². The fourth-order valence-electron chi connectivity index (χ4n) is 3.10. The predicted molar refractivity (Wildman–Crippen MR) is 90.9 cm³/mol. The van der Waals surface area contributed by atoms with Crippen molar-refractivity contribution in [3.05, 3.63) is 36.0 Å². The van der Waals surface area contributed by atoms with Crippen LogP contribution in [0.4, 0.5) is 0 Å². The molecule has 2 aromatic rings. The highest BCUT2D eigenvalue weighted by molar-refractivity contribution is 5.93. The summed E-state index contributed by atoms with van der Waals surface area (Å²) in [6.07, 6.45) is 1.36. The quantitative estimate of drug-likeness (QED) is 0.902. The number of piperidine rings is 1. The van der Waals surface area contributed by atoms with Crippen molar-refractivity contribution in [3.63, 3.8) is 0 Å². The highest BCUT2D eigenvalue weighted by atomic mass is 16.5. The molecule has 0 spiro atoms. The van der Waals surface area contributed by atoms with E-state index in [-0.39, 0.29) is 17.9 Å². The van der Waals surface area contributed by atoms with Crippen molar-refractivity contribution in [3.8, 4) is 17.0 Å². The Labute approximate surface area is 141 Å². The first kappa shape index (κ1) is 16.5. The van der Waals surface area contributed by atoms with E-state index in [0.29, 0.717) is 18.8 Å². The zero-order chi connectivity index (χ0) is 17.1. The minimum atomic E-state index is -0.309. The molecule has 1 aromatic carbocycles. The highest BCUT2D eigenvalue weighted by Crippen LogP contribution is 2.24. The molecule has 1 unspecified atom stereocenters. The number of nitrogens with one attached hydrogen (secondary N) is 1. The van der Waals surface area contributed by atoms with Gasteiger partial charge in [-0.15, -0.1) is 0 Å². The molecule has 1 atom stereocenters. The number of hydrogen-bond donors (Lipinski definition) is 2. The molecule has 0 aliphatic carbocycles. The smallest absolute Gasteiger partial charge is 0.271 e. The summed E-state index contributed by atoms with van der Waals surface area (Å²) >= 11 is 0. The molecule has 0 radical (unpaired) electrons. The first-order valence-electron chi connectivity index (χ1n) is 8.25. The number of carbonyl (C=O) groups is 1. The lowest BCUT2D eigenvalue weighted by molar-refractivity contribution is 0.0517. The van der Waals surface area contributed by atoms with Crippen LogP contribution in [-0.2, 0) is 0 Å². The number of nitrogens with zero attached hydrogens (tertiary/aromatic N) is 2. The lowest BCUT2D eigenvalue weighted by Crippen LogP contribution is -2.40. The summed E-state index contributed by atoms with van der Waals surface area (Å²) in [6, 6.07) is 9.35. The molecule has 3 rings (SSSR count). The second kappa shape index (κ2) is 7.05. The van der Waals surface area contributed by atoms with Crippen molar-refractivity contribution >= 4 is 5.91 Å². The van der Waals surface area contributed by atoms with Gasteiger partial charge in [0, 0.05) is 18.7 Å². The largest absolute Gasteiger partial charge is 0.497 e. The van der Waals surface area contributed by atoms with Crippen LogP contribution in [0.2, 0.25) is 0 Å². The third-order valence-corrected chi connectivity index (χ3v) is 4.70. The minimum Gasteiger partial charge on any atom is -0.497 e. The number of aliphatic hydroxyl groups is 1. The van der Waals surface area contributed by atoms with Gasteiger partial charge in [0.05, 0.1) is 18.9 Å². The van der Waals surface area contributed by atoms with Gasteiger partial charge in [-0.2, -0.15) is 5.10 Å². The highest BCUT2D eigenvalue weighted by Gasteiger charge is 2.26. The first-order valence-corrected chi connectivity index (χ1v) is 8.25. The van der Waals surface area contributed by atoms with Gasteiger partial charge in [-0.25, -0.2) is 0 Å². The van der Waals surface area contributed by atoms with E-state index in [1.54, 1.807) is 13.2 Å². The van der Waals surface area contributed by atoms with Gasteiger partial charge in [0.15, 0.2) is 0 Å². The van der Waals surface area contributed by atoms with Gasteiger partial charge in [-0.3, -0.25) is 9.89 Å². The minimum absolute atomic E-state index is 0.0358. The fourth-order valence-corrected chi connectivity index (χ4v) is 3.10. The van der Waals surface area contributed by atoms with Crippen molar-refractivity contribution in [2.45, 2.75) is 25.9 Å². The SMILES string of the molecule is COc1ccc(-c2cc(C(=O)N3CCC(C(C)O)CC3)[nH]n2)cc1. The van der Waals surface area contributed by atoms with Gasteiger partial charge in [-0.1, -0.05) is 0 Å². The average Bonchev–Trinajstić information content (AvgIpc) is 3.11. The number of ether oxygens (including phenoxy) is 1. The number of H-pyrrole nitrogens is 1. The summed E-state index contributed by atoms with van der Waals surface area (Å²) in [5, 5.41) is 16.7. The molecule has 0 bridgehead atoms. The van der Waals surface area contributed by atoms with Gasteiger partial charge in [-0.05, 0) is 56.0 Å². The Hall–Kier alpha value is -2.34. The fraction of sp³-hybridized carbons (Fsp3) is 0.444. The molecule has 0 saturated carbocycles. The van der Waals surface area contributed by atoms with E-state index >= 15 is 0 Å². The second-order valence-corrected chi connectivity index (χ2v) is 6.27. The molecule has 24 heavy (non-hydrogen) atoms. The van der Waals surface area contributed by atoms with E-state index in [9.17, 15) is 9.90 Å². The summed E-state index contributed by atoms with van der Waals surface area (Å²) in [5.74, 6) is 1.03. The maximum absolute atomic E-state index is 12.6. The normalized spacial score (nSPS) is 16.9. The van der Waals surface area contributed by atoms with Gasteiger partial charge >= 0.3 is 0 Å². The molecule has 1 aliphatic rings. The average molecular weight is 329 g/mol. The number of aromatic amines is 1. The first-order chi connectivity index (χ1) is 11.6. The lowest BCUT2D eigenvalue weighted by Gasteiger charge is -2.32. The summed E-state index contributed by atoms with van der Waals surface area (Å²) in [5.41, 5.74) is 2.16. The van der Waals surface area contributed by atoms with Crippen LogP contribution in [0.3, 0.4) is 0 Å². The summed E-state index contributed by atoms with van der Waals surface area (Å²) in [7, 11) is 1.63. The van der Waals surface area contributed by atoms with Crippen molar-refractivity contribution in [1.82, 2.24) is 15.1 Å². The molecular weight excluding hydrogens is 306 g/mol. The van der Waals surface area contributed by atoms with Crippen molar-refractivity contribution < 1.29 is 14.6 Å². The Bertz CT molecular complexity index is 686. The van der Waals surface area contributed by atoms with E-state index in [0.717, 1.165) is 29.8 Å². The molecule has 128 valence electrons. The van der Waals surface area contributed by atoms with Crippen LogP contribution in [-0.4, -0.2) is 52.4 Å². The number of aromatic nitrogens is 2. The molecule has 1 fully saturated rings. The molecule has 1 saturated heterocycles. The van der Waals surface area contributed by atoms with Crippen molar-refractivity contribution in [1.29, 1.82) is 0 Å². The number of hydrogen-bond acceptors (Lipinski definition) is 4. The van der Waals surface area contributed by atoms with E-state index < -0.39 is 0 Å². The second-order valence-electron chi connectivity index (χ2n) is 6.27. The zero-order valence-corrected chi connectivity index (χ0v) is 14.0.